The van der Waals surface area contributed by atoms with Gasteiger partial charge in [-0.15, -0.1) is 0 Å². The molecule has 2 rings (SSSR count). The Morgan fingerprint density at radius 1 is 1.10 bits per heavy atom. The van der Waals surface area contributed by atoms with Gasteiger partial charge >= 0.3 is 0 Å². The van der Waals surface area contributed by atoms with Crippen LogP contribution in [0.3, 0.4) is 0 Å². The molecule has 0 aliphatic rings. The number of nitrogens with one attached hydrogen (secondary N) is 1. The highest BCUT2D eigenvalue weighted by atomic mass is 79.9. The molecule has 0 aliphatic heterocycles. The molecule has 0 unspecified atom stereocenters. The van der Waals surface area contributed by atoms with E-state index in [4.69, 9.17) is 23.2 Å². The van der Waals surface area contributed by atoms with Crippen molar-refractivity contribution in [1.82, 2.24) is 9.97 Å². The van der Waals surface area contributed by atoms with Crippen LogP contribution >= 0.6 is 39.1 Å². The van der Waals surface area contributed by atoms with E-state index in [2.05, 4.69) is 30.6 Å². The molecule has 0 bridgehead atoms. The first-order chi connectivity index (χ1) is 9.44. The molecule has 106 valence electrons. The summed E-state index contributed by atoms with van der Waals surface area (Å²) in [6.45, 7) is 0. The molecule has 0 spiro atoms. The van der Waals surface area contributed by atoms with E-state index >= 15 is 0 Å². The van der Waals surface area contributed by atoms with Gasteiger partial charge in [0.1, 0.15) is 12.0 Å². The number of hydrogen-bond donors (Lipinski definition) is 1. The molecule has 5 nitrogen and oxygen atoms in total. The second-order valence-electron chi connectivity index (χ2n) is 3.71. The Labute approximate surface area is 134 Å². The zero-order chi connectivity index (χ0) is 14.8. The molecule has 20 heavy (non-hydrogen) atoms. The highest BCUT2D eigenvalue weighted by molar-refractivity contribution is 9.08. The lowest BCUT2D eigenvalue weighted by atomic mass is 10.2. The van der Waals surface area contributed by atoms with E-state index in [1.165, 1.54) is 12.1 Å². The lowest BCUT2D eigenvalue weighted by Gasteiger charge is -2.10. The third kappa shape index (κ3) is 3.41. The minimum absolute atomic E-state index is 0.0413. The Morgan fingerprint density at radius 2 is 1.65 bits per heavy atom. The number of aromatic nitrogens is 2. The van der Waals surface area contributed by atoms with Gasteiger partial charge in [0.25, 0.3) is 10.0 Å². The minimum atomic E-state index is -3.80. The molecule has 2 aromatic rings. The molecular weight excluding hydrogens is 389 g/mol. The van der Waals surface area contributed by atoms with E-state index in [1.54, 1.807) is 12.1 Å². The molecule has 0 atom stereocenters. The van der Waals surface area contributed by atoms with Gasteiger partial charge in [-0.2, -0.15) is 0 Å². The van der Waals surface area contributed by atoms with Gasteiger partial charge in [-0.25, -0.2) is 18.4 Å². The van der Waals surface area contributed by atoms with Crippen molar-refractivity contribution < 1.29 is 8.42 Å². The van der Waals surface area contributed by atoms with Crippen LogP contribution in [0.15, 0.2) is 35.5 Å². The van der Waals surface area contributed by atoms with Gasteiger partial charge in [-0.1, -0.05) is 51.3 Å². The second-order valence-corrected chi connectivity index (χ2v) is 6.67. The first-order valence-electron chi connectivity index (χ1n) is 5.28. The van der Waals surface area contributed by atoms with Crippen molar-refractivity contribution in [2.75, 3.05) is 4.72 Å². The van der Waals surface area contributed by atoms with Crippen LogP contribution in [-0.2, 0) is 15.4 Å². The van der Waals surface area contributed by atoms with Crippen LogP contribution in [0.2, 0.25) is 10.3 Å². The summed E-state index contributed by atoms with van der Waals surface area (Å²) in [6.07, 6.45) is 1.15. The number of anilines is 1. The van der Waals surface area contributed by atoms with Gasteiger partial charge in [0.15, 0.2) is 10.3 Å². The summed E-state index contributed by atoms with van der Waals surface area (Å²) in [6, 6.07) is 6.39. The van der Waals surface area contributed by atoms with Crippen LogP contribution in [-0.4, -0.2) is 18.4 Å². The first kappa shape index (κ1) is 15.5. The van der Waals surface area contributed by atoms with Gasteiger partial charge in [0, 0.05) is 5.33 Å². The van der Waals surface area contributed by atoms with Crippen LogP contribution in [0.4, 0.5) is 5.69 Å². The lowest BCUT2D eigenvalue weighted by molar-refractivity contribution is 0.601. The fourth-order valence-corrected chi connectivity index (χ4v) is 3.35. The van der Waals surface area contributed by atoms with Gasteiger partial charge in [-0.05, 0) is 17.7 Å². The molecule has 0 fully saturated rings. The molecule has 0 radical (unpaired) electrons. The number of rotatable bonds is 4. The Morgan fingerprint density at radius 3 is 2.15 bits per heavy atom. The molecule has 0 saturated heterocycles. The highest BCUT2D eigenvalue weighted by Gasteiger charge is 2.18. The second kappa shape index (κ2) is 6.26. The quantitative estimate of drug-likeness (QED) is 0.634. The van der Waals surface area contributed by atoms with E-state index in [-0.39, 0.29) is 20.9 Å². The zero-order valence-corrected chi connectivity index (χ0v) is 13.8. The van der Waals surface area contributed by atoms with Crippen molar-refractivity contribution in [3.05, 3.63) is 46.5 Å². The van der Waals surface area contributed by atoms with Crippen molar-refractivity contribution in [1.29, 1.82) is 0 Å². The number of benzene rings is 1. The predicted octanol–water partition coefficient (Wildman–Crippen LogP) is 3.48. The summed E-state index contributed by atoms with van der Waals surface area (Å²) in [4.78, 5) is 7.46. The van der Waals surface area contributed by atoms with E-state index in [0.29, 0.717) is 5.33 Å². The molecule has 0 amide bonds. The molecule has 0 aliphatic carbocycles. The molecule has 0 saturated carbocycles. The first-order valence-corrected chi connectivity index (χ1v) is 8.64. The fourth-order valence-electron chi connectivity index (χ4n) is 1.38. The van der Waals surface area contributed by atoms with Crippen molar-refractivity contribution in [3.63, 3.8) is 0 Å². The molecule has 9 heteroatoms. The number of hydrogen-bond acceptors (Lipinski definition) is 4. The van der Waals surface area contributed by atoms with Crippen molar-refractivity contribution >= 4 is 54.8 Å². The van der Waals surface area contributed by atoms with E-state index in [1.807, 2.05) is 0 Å². The summed E-state index contributed by atoms with van der Waals surface area (Å²) < 4.78 is 26.7. The summed E-state index contributed by atoms with van der Waals surface area (Å²) in [5.74, 6) is 0. The molecule has 1 heterocycles. The maximum atomic E-state index is 12.2. The van der Waals surface area contributed by atoms with E-state index in [0.717, 1.165) is 11.9 Å². The molecule has 1 aromatic heterocycles. The maximum Gasteiger partial charge on any atom is 0.262 e. The molecule has 1 aromatic carbocycles. The number of alkyl halides is 1. The van der Waals surface area contributed by atoms with Gasteiger partial charge in [-0.3, -0.25) is 4.72 Å². The average molecular weight is 397 g/mol. The zero-order valence-electron chi connectivity index (χ0n) is 9.85. The summed E-state index contributed by atoms with van der Waals surface area (Å²) >= 11 is 14.9. The van der Waals surface area contributed by atoms with Crippen LogP contribution in [0.1, 0.15) is 5.56 Å². The predicted molar refractivity (Wildman–Crippen MR) is 81.9 cm³/mol. The Bertz CT molecular complexity index is 703. The number of nitrogens with zero attached hydrogens (tertiary/aromatic N) is 2. The number of halogens is 3. The van der Waals surface area contributed by atoms with E-state index < -0.39 is 10.0 Å². The van der Waals surface area contributed by atoms with Gasteiger partial charge < -0.3 is 0 Å². The SMILES string of the molecule is O=S(=O)(Nc1c(Cl)ncnc1Cl)c1ccc(CBr)cc1. The monoisotopic (exact) mass is 395 g/mol. The Kier molecular flexibility index (Phi) is 4.85. The largest absolute Gasteiger partial charge is 0.274 e. The lowest BCUT2D eigenvalue weighted by Crippen LogP contribution is -2.14. The fraction of sp³-hybridized carbons (Fsp3) is 0.0909. The van der Waals surface area contributed by atoms with Crippen LogP contribution in [0, 0.1) is 0 Å². The molecule has 1 N–H and O–H groups in total. The van der Waals surface area contributed by atoms with E-state index in [9.17, 15) is 8.42 Å². The topological polar surface area (TPSA) is 72.0 Å². The minimum Gasteiger partial charge on any atom is -0.274 e. The highest BCUT2D eigenvalue weighted by Crippen LogP contribution is 2.28. The smallest absolute Gasteiger partial charge is 0.262 e. The van der Waals surface area contributed by atoms with Gasteiger partial charge in [0.2, 0.25) is 0 Å². The maximum absolute atomic E-state index is 12.2. The third-order valence-corrected chi connectivity index (χ3v) is 4.97. The van der Waals surface area contributed by atoms with Crippen molar-refractivity contribution in [2.45, 2.75) is 10.2 Å². The van der Waals surface area contributed by atoms with Crippen LogP contribution < -0.4 is 4.72 Å². The van der Waals surface area contributed by atoms with Gasteiger partial charge in [0.05, 0.1) is 4.90 Å². The summed E-state index contributed by atoms with van der Waals surface area (Å²) in [7, 11) is -3.80. The standard InChI is InChI=1S/C11H8BrCl2N3O2S/c12-5-7-1-3-8(4-2-7)20(18,19)17-9-10(13)15-6-16-11(9)14/h1-4,6,17H,5H2. The van der Waals surface area contributed by atoms with Crippen molar-refractivity contribution in [3.8, 4) is 0 Å². The third-order valence-electron chi connectivity index (χ3n) is 2.38. The average Bonchev–Trinajstić information content (AvgIpc) is 2.43. The molecular formula is C11H8BrCl2N3O2S. The Balaban J connectivity index is 2.35. The van der Waals surface area contributed by atoms with Crippen molar-refractivity contribution in [2.24, 2.45) is 0 Å². The summed E-state index contributed by atoms with van der Waals surface area (Å²) in [5, 5.41) is 0.515. The van der Waals surface area contributed by atoms with Crippen LogP contribution in [0.25, 0.3) is 0 Å². The number of sulfonamides is 1. The normalized spacial score (nSPS) is 11.3. The Hall–Kier alpha value is -0.890. The van der Waals surface area contributed by atoms with Crippen LogP contribution in [0.5, 0.6) is 0 Å². The summed E-state index contributed by atoms with van der Waals surface area (Å²) in [5.41, 5.74) is 0.920.